The van der Waals surface area contributed by atoms with Crippen LogP contribution in [0.1, 0.15) is 35.4 Å². The predicted octanol–water partition coefficient (Wildman–Crippen LogP) is 2.73. The molecule has 1 aliphatic heterocycles. The lowest BCUT2D eigenvalue weighted by Gasteiger charge is -2.19. The number of hydrogen-bond donors (Lipinski definition) is 2. The van der Waals surface area contributed by atoms with Crippen molar-refractivity contribution in [2.45, 2.75) is 31.7 Å². The van der Waals surface area contributed by atoms with Crippen molar-refractivity contribution in [1.82, 2.24) is 15.5 Å². The Hall–Kier alpha value is -2.86. The minimum Gasteiger partial charge on any atom is -0.497 e. The first-order valence-electron chi connectivity index (χ1n) is 11.5. The number of likely N-dealkylation sites (N-methyl/N-ethyl adjacent to an activating group) is 1. The largest absolute Gasteiger partial charge is 0.497 e. The summed E-state index contributed by atoms with van der Waals surface area (Å²) in [6.07, 6.45) is 2.81. The first kappa shape index (κ1) is 22.3. The number of ether oxygens (including phenoxy) is 1. The lowest BCUT2D eigenvalue weighted by atomic mass is 9.87. The van der Waals surface area contributed by atoms with Crippen molar-refractivity contribution in [1.29, 1.82) is 0 Å². The van der Waals surface area contributed by atoms with E-state index in [2.05, 4.69) is 34.7 Å². The molecule has 0 aromatic heterocycles. The molecule has 32 heavy (non-hydrogen) atoms. The fraction of sp³-hybridized carbons (Fsp3) is 0.462. The third kappa shape index (κ3) is 5.68. The van der Waals surface area contributed by atoms with Gasteiger partial charge in [0.05, 0.1) is 13.0 Å². The van der Waals surface area contributed by atoms with Crippen LogP contribution in [0.5, 0.6) is 5.75 Å². The van der Waals surface area contributed by atoms with Crippen LogP contribution in [0.25, 0.3) is 0 Å². The van der Waals surface area contributed by atoms with Crippen molar-refractivity contribution in [3.05, 3.63) is 65.2 Å². The highest BCUT2D eigenvalue weighted by Gasteiger charge is 2.37. The van der Waals surface area contributed by atoms with E-state index in [0.717, 1.165) is 43.7 Å². The number of hydrogen-bond acceptors (Lipinski definition) is 4. The first-order valence-corrected chi connectivity index (χ1v) is 11.5. The van der Waals surface area contributed by atoms with E-state index in [1.54, 1.807) is 7.11 Å². The van der Waals surface area contributed by atoms with E-state index in [1.165, 1.54) is 11.1 Å². The minimum atomic E-state index is -0.0767. The van der Waals surface area contributed by atoms with Crippen LogP contribution < -0.4 is 15.4 Å². The van der Waals surface area contributed by atoms with E-state index < -0.39 is 0 Å². The van der Waals surface area contributed by atoms with Crippen LogP contribution >= 0.6 is 0 Å². The van der Waals surface area contributed by atoms with E-state index in [-0.39, 0.29) is 29.6 Å². The summed E-state index contributed by atoms with van der Waals surface area (Å²) < 4.78 is 5.20. The number of carbonyl (C=O) groups excluding carboxylic acids is 2. The Bertz CT molecular complexity index is 940. The summed E-state index contributed by atoms with van der Waals surface area (Å²) >= 11 is 0. The monoisotopic (exact) mass is 435 g/mol. The van der Waals surface area contributed by atoms with Gasteiger partial charge in [-0.1, -0.05) is 36.4 Å². The topological polar surface area (TPSA) is 70.7 Å². The van der Waals surface area contributed by atoms with Crippen molar-refractivity contribution in [2.75, 3.05) is 33.8 Å². The molecule has 1 heterocycles. The smallest absolute Gasteiger partial charge is 0.225 e. The Morgan fingerprint density at radius 3 is 2.50 bits per heavy atom. The second kappa shape index (κ2) is 10.2. The molecule has 6 heteroatoms. The van der Waals surface area contributed by atoms with Gasteiger partial charge in [-0.3, -0.25) is 9.59 Å². The first-order chi connectivity index (χ1) is 15.5. The zero-order chi connectivity index (χ0) is 22.5. The molecule has 2 N–H and O–H groups in total. The van der Waals surface area contributed by atoms with Gasteiger partial charge in [-0.15, -0.1) is 0 Å². The molecule has 2 amide bonds. The van der Waals surface area contributed by atoms with Crippen LogP contribution in [-0.2, 0) is 22.6 Å². The molecule has 0 unspecified atom stereocenters. The van der Waals surface area contributed by atoms with E-state index >= 15 is 0 Å². The fourth-order valence-electron chi connectivity index (χ4n) is 4.47. The van der Waals surface area contributed by atoms with E-state index in [9.17, 15) is 9.59 Å². The maximum atomic E-state index is 13.0. The third-order valence-electron chi connectivity index (χ3n) is 6.51. The van der Waals surface area contributed by atoms with Crippen molar-refractivity contribution < 1.29 is 14.3 Å². The Balaban J connectivity index is 1.34. The van der Waals surface area contributed by atoms with Crippen LogP contribution in [0.3, 0.4) is 0 Å². The second-order valence-electron chi connectivity index (χ2n) is 9.06. The Morgan fingerprint density at radius 2 is 1.78 bits per heavy atom. The number of rotatable bonds is 9. The van der Waals surface area contributed by atoms with Crippen molar-refractivity contribution in [3.63, 3.8) is 0 Å². The molecule has 2 aliphatic rings. The molecule has 2 atom stereocenters. The number of likely N-dealkylation sites (tertiary alicyclic amines) is 1. The Kier molecular flexibility index (Phi) is 7.10. The molecule has 0 spiro atoms. The number of amides is 2. The van der Waals surface area contributed by atoms with Gasteiger partial charge in [0, 0.05) is 38.0 Å². The maximum Gasteiger partial charge on any atom is 0.225 e. The van der Waals surface area contributed by atoms with E-state index in [0.29, 0.717) is 13.1 Å². The molecule has 4 rings (SSSR count). The summed E-state index contributed by atoms with van der Waals surface area (Å²) in [7, 11) is 3.72. The Morgan fingerprint density at radius 1 is 1.00 bits per heavy atom. The summed E-state index contributed by atoms with van der Waals surface area (Å²) in [5.41, 5.74) is 3.43. The highest BCUT2D eigenvalue weighted by Crippen LogP contribution is 2.33. The summed E-state index contributed by atoms with van der Waals surface area (Å²) in [5.74, 6) is 1.40. The van der Waals surface area contributed by atoms with Crippen molar-refractivity contribution in [3.8, 4) is 5.75 Å². The normalized spacial score (nSPS) is 20.7. The average Bonchev–Trinajstić information content (AvgIpc) is 3.59. The standard InChI is InChI=1S/C26H33N3O3/c1-29-16-23(21-5-3-4-19(14-21)15-28-25(30)20-8-9-20)24(17-29)26(31)27-13-12-18-6-10-22(32-2)11-7-18/h3-7,10-11,14,20,23-24H,8-9,12-13,15-17H2,1-2H3,(H,27,31)(H,28,30)/t23-,24+/m1/s1. The summed E-state index contributed by atoms with van der Waals surface area (Å²) in [4.78, 5) is 27.2. The van der Waals surface area contributed by atoms with Gasteiger partial charge in [0.1, 0.15) is 5.75 Å². The van der Waals surface area contributed by atoms with Crippen LogP contribution in [0.2, 0.25) is 0 Å². The number of nitrogens with one attached hydrogen (secondary N) is 2. The van der Waals surface area contributed by atoms with Gasteiger partial charge in [-0.05, 0) is 55.1 Å². The average molecular weight is 436 g/mol. The fourth-order valence-corrected chi connectivity index (χ4v) is 4.47. The molecule has 2 aromatic carbocycles. The van der Waals surface area contributed by atoms with Gasteiger partial charge < -0.3 is 20.3 Å². The lowest BCUT2D eigenvalue weighted by molar-refractivity contribution is -0.125. The highest BCUT2D eigenvalue weighted by atomic mass is 16.5. The molecule has 2 aromatic rings. The SMILES string of the molecule is COc1ccc(CCNC(=O)[C@H]2CN(C)C[C@@H]2c2cccc(CNC(=O)C3CC3)c2)cc1. The predicted molar refractivity (Wildman–Crippen MR) is 124 cm³/mol. The number of carbonyl (C=O) groups is 2. The molecule has 1 saturated carbocycles. The second-order valence-corrected chi connectivity index (χ2v) is 9.06. The van der Waals surface area contributed by atoms with Crippen LogP contribution in [0.4, 0.5) is 0 Å². The van der Waals surface area contributed by atoms with E-state index in [1.807, 2.05) is 36.4 Å². The maximum absolute atomic E-state index is 13.0. The molecule has 0 radical (unpaired) electrons. The van der Waals surface area contributed by atoms with Gasteiger partial charge in [-0.2, -0.15) is 0 Å². The summed E-state index contributed by atoms with van der Waals surface area (Å²) in [6.45, 7) is 2.77. The molecule has 1 aliphatic carbocycles. The molecule has 0 bridgehead atoms. The molecular formula is C26H33N3O3. The molecule has 1 saturated heterocycles. The van der Waals surface area contributed by atoms with E-state index in [4.69, 9.17) is 4.74 Å². The van der Waals surface area contributed by atoms with Crippen molar-refractivity contribution in [2.24, 2.45) is 11.8 Å². The van der Waals surface area contributed by atoms with Crippen LogP contribution in [0, 0.1) is 11.8 Å². The molecule has 170 valence electrons. The summed E-state index contributed by atoms with van der Waals surface area (Å²) in [5, 5.41) is 6.18. The van der Waals surface area contributed by atoms with Gasteiger partial charge in [-0.25, -0.2) is 0 Å². The van der Waals surface area contributed by atoms with Gasteiger partial charge >= 0.3 is 0 Å². The number of benzene rings is 2. The molecular weight excluding hydrogens is 402 g/mol. The zero-order valence-electron chi connectivity index (χ0n) is 19.0. The van der Waals surface area contributed by atoms with Crippen LogP contribution in [-0.4, -0.2) is 50.5 Å². The molecule has 2 fully saturated rings. The van der Waals surface area contributed by atoms with Crippen LogP contribution in [0.15, 0.2) is 48.5 Å². The van der Waals surface area contributed by atoms with Gasteiger partial charge in [0.25, 0.3) is 0 Å². The Labute approximate surface area is 190 Å². The number of nitrogens with zero attached hydrogens (tertiary/aromatic N) is 1. The van der Waals surface area contributed by atoms with Gasteiger partial charge in [0.15, 0.2) is 0 Å². The number of methoxy groups -OCH3 is 1. The highest BCUT2D eigenvalue weighted by molar-refractivity contribution is 5.81. The lowest BCUT2D eigenvalue weighted by Crippen LogP contribution is -2.35. The summed E-state index contributed by atoms with van der Waals surface area (Å²) in [6, 6.07) is 16.3. The molecule has 6 nitrogen and oxygen atoms in total. The zero-order valence-corrected chi connectivity index (χ0v) is 19.0. The van der Waals surface area contributed by atoms with Crippen molar-refractivity contribution >= 4 is 11.8 Å². The quantitative estimate of drug-likeness (QED) is 0.635. The third-order valence-corrected chi connectivity index (χ3v) is 6.51. The van der Waals surface area contributed by atoms with Gasteiger partial charge in [0.2, 0.25) is 11.8 Å². The minimum absolute atomic E-state index is 0.0767.